The number of carboxylic acids is 1. The van der Waals surface area contributed by atoms with Crippen molar-refractivity contribution in [3.63, 3.8) is 0 Å². The summed E-state index contributed by atoms with van der Waals surface area (Å²) in [6, 6.07) is 4.03. The second kappa shape index (κ2) is 5.72. The number of aliphatic carboxylic acids is 1. The van der Waals surface area contributed by atoms with Crippen LogP contribution in [-0.2, 0) is 9.59 Å². The van der Waals surface area contributed by atoms with E-state index in [1.54, 1.807) is 12.1 Å². The Hall–Kier alpha value is -1.26. The lowest BCUT2D eigenvalue weighted by atomic mass is 10.0. The smallest absolute Gasteiger partial charge is 0.305 e. The molecule has 0 fully saturated rings. The number of amides is 1. The van der Waals surface area contributed by atoms with Crippen molar-refractivity contribution in [1.82, 2.24) is 5.32 Å². The van der Waals surface area contributed by atoms with E-state index in [0.29, 0.717) is 22.0 Å². The number of nitrogens with one attached hydrogen (secondary N) is 1. The fourth-order valence-corrected chi connectivity index (χ4v) is 1.85. The van der Waals surface area contributed by atoms with Crippen molar-refractivity contribution < 1.29 is 14.7 Å². The molecule has 1 aromatic carbocycles. The summed E-state index contributed by atoms with van der Waals surface area (Å²) in [6.45, 7) is 0. The van der Waals surface area contributed by atoms with Crippen molar-refractivity contribution in [2.24, 2.45) is 0 Å². The molecule has 0 saturated carbocycles. The zero-order valence-corrected chi connectivity index (χ0v) is 9.63. The fraction of sp³-hybridized carbons (Fsp3) is 0.200. The van der Waals surface area contributed by atoms with E-state index in [2.05, 4.69) is 5.32 Å². The Labute approximate surface area is 102 Å². The predicted octanol–water partition coefficient (Wildman–Crippen LogP) is 2.26. The van der Waals surface area contributed by atoms with Gasteiger partial charge in [0.15, 0.2) is 0 Å². The van der Waals surface area contributed by atoms with Crippen LogP contribution in [0.2, 0.25) is 10.0 Å². The molecule has 1 amide bonds. The SMILES string of the molecule is O=CN[C@H](CC(=O)O)c1cc(Cl)cc(Cl)c1. The van der Waals surface area contributed by atoms with Crippen molar-refractivity contribution in [1.29, 1.82) is 0 Å². The number of carbonyl (C=O) groups is 2. The van der Waals surface area contributed by atoms with Crippen LogP contribution in [-0.4, -0.2) is 17.5 Å². The van der Waals surface area contributed by atoms with Gasteiger partial charge in [-0.2, -0.15) is 0 Å². The summed E-state index contributed by atoms with van der Waals surface area (Å²) in [6.07, 6.45) is 0.220. The summed E-state index contributed by atoms with van der Waals surface area (Å²) >= 11 is 11.6. The monoisotopic (exact) mass is 261 g/mol. The lowest BCUT2D eigenvalue weighted by Gasteiger charge is -2.14. The Bertz CT molecular complexity index is 389. The van der Waals surface area contributed by atoms with Crippen LogP contribution in [0, 0.1) is 0 Å². The molecule has 0 spiro atoms. The number of rotatable bonds is 5. The van der Waals surface area contributed by atoms with E-state index in [4.69, 9.17) is 28.3 Å². The third kappa shape index (κ3) is 3.72. The van der Waals surface area contributed by atoms with Gasteiger partial charge in [0.05, 0.1) is 12.5 Å². The normalized spacial score (nSPS) is 11.9. The van der Waals surface area contributed by atoms with E-state index in [1.807, 2.05) is 0 Å². The van der Waals surface area contributed by atoms with Gasteiger partial charge in [0.2, 0.25) is 6.41 Å². The van der Waals surface area contributed by atoms with Crippen molar-refractivity contribution in [3.05, 3.63) is 33.8 Å². The molecular weight excluding hydrogens is 253 g/mol. The molecule has 0 heterocycles. The quantitative estimate of drug-likeness (QED) is 0.800. The topological polar surface area (TPSA) is 66.4 Å². The first kappa shape index (κ1) is 12.8. The van der Waals surface area contributed by atoms with Crippen molar-refractivity contribution in [3.8, 4) is 0 Å². The van der Waals surface area contributed by atoms with Crippen molar-refractivity contribution >= 4 is 35.6 Å². The Morgan fingerprint density at radius 1 is 1.38 bits per heavy atom. The first-order valence-corrected chi connectivity index (χ1v) is 5.16. The zero-order chi connectivity index (χ0) is 12.1. The number of benzene rings is 1. The summed E-state index contributed by atoms with van der Waals surface area (Å²) in [5.74, 6) is -1.02. The Morgan fingerprint density at radius 2 is 1.94 bits per heavy atom. The zero-order valence-electron chi connectivity index (χ0n) is 8.11. The van der Waals surface area contributed by atoms with Crippen molar-refractivity contribution in [2.45, 2.75) is 12.5 Å². The van der Waals surface area contributed by atoms with E-state index in [-0.39, 0.29) is 6.42 Å². The molecule has 1 atom stereocenters. The third-order valence-corrected chi connectivity index (χ3v) is 2.37. The first-order valence-electron chi connectivity index (χ1n) is 4.40. The molecule has 6 heteroatoms. The van der Waals surface area contributed by atoms with Crippen LogP contribution in [0.15, 0.2) is 18.2 Å². The highest BCUT2D eigenvalue weighted by molar-refractivity contribution is 6.34. The van der Waals surface area contributed by atoms with Gasteiger partial charge in [-0.3, -0.25) is 9.59 Å². The minimum Gasteiger partial charge on any atom is -0.481 e. The molecule has 0 saturated heterocycles. The van der Waals surface area contributed by atoms with Gasteiger partial charge in [-0.15, -0.1) is 0 Å². The molecule has 0 aliphatic carbocycles. The number of carbonyl (C=O) groups excluding carboxylic acids is 1. The minimum absolute atomic E-state index is 0.227. The Morgan fingerprint density at radius 3 is 2.38 bits per heavy atom. The van der Waals surface area contributed by atoms with E-state index in [1.165, 1.54) is 6.07 Å². The van der Waals surface area contributed by atoms with Crippen LogP contribution in [0.25, 0.3) is 0 Å². The first-order chi connectivity index (χ1) is 7.52. The maximum atomic E-state index is 10.6. The molecule has 0 aliphatic rings. The number of carboxylic acid groups (broad SMARTS) is 1. The van der Waals surface area contributed by atoms with Gasteiger partial charge in [-0.1, -0.05) is 23.2 Å². The summed E-state index contributed by atoms with van der Waals surface area (Å²) < 4.78 is 0. The molecule has 0 bridgehead atoms. The molecule has 16 heavy (non-hydrogen) atoms. The highest BCUT2D eigenvalue weighted by Crippen LogP contribution is 2.25. The third-order valence-electron chi connectivity index (χ3n) is 1.94. The lowest BCUT2D eigenvalue weighted by Crippen LogP contribution is -2.22. The number of halogens is 2. The molecule has 0 unspecified atom stereocenters. The number of hydrogen-bond donors (Lipinski definition) is 2. The fourth-order valence-electron chi connectivity index (χ4n) is 1.31. The molecule has 0 aromatic heterocycles. The summed E-state index contributed by atoms with van der Waals surface area (Å²) in [5, 5.41) is 11.9. The van der Waals surface area contributed by atoms with Crippen molar-refractivity contribution in [2.75, 3.05) is 0 Å². The van der Waals surface area contributed by atoms with Gasteiger partial charge in [-0.05, 0) is 23.8 Å². The minimum atomic E-state index is -1.02. The predicted molar refractivity (Wildman–Crippen MR) is 60.7 cm³/mol. The molecule has 0 radical (unpaired) electrons. The van der Waals surface area contributed by atoms with E-state index >= 15 is 0 Å². The van der Waals surface area contributed by atoms with Gasteiger partial charge < -0.3 is 10.4 Å². The molecule has 1 rings (SSSR count). The summed E-state index contributed by atoms with van der Waals surface area (Å²) in [5.41, 5.74) is 0.562. The molecule has 1 aromatic rings. The molecule has 4 nitrogen and oxygen atoms in total. The maximum absolute atomic E-state index is 10.6. The largest absolute Gasteiger partial charge is 0.481 e. The van der Waals surface area contributed by atoms with Gasteiger partial charge >= 0.3 is 5.97 Å². The second-order valence-electron chi connectivity index (χ2n) is 3.14. The van der Waals surface area contributed by atoms with Crippen LogP contribution >= 0.6 is 23.2 Å². The Kier molecular flexibility index (Phi) is 4.58. The molecule has 2 N–H and O–H groups in total. The lowest BCUT2D eigenvalue weighted by molar-refractivity contribution is -0.137. The summed E-state index contributed by atoms with van der Waals surface area (Å²) in [7, 11) is 0. The van der Waals surface area contributed by atoms with Crippen LogP contribution in [0.4, 0.5) is 0 Å². The molecule has 86 valence electrons. The van der Waals surface area contributed by atoms with E-state index < -0.39 is 12.0 Å². The average molecular weight is 262 g/mol. The van der Waals surface area contributed by atoms with Crippen LogP contribution in [0.1, 0.15) is 18.0 Å². The Balaban J connectivity index is 2.99. The van der Waals surface area contributed by atoms with E-state index in [9.17, 15) is 9.59 Å². The highest BCUT2D eigenvalue weighted by Gasteiger charge is 2.15. The standard InChI is InChI=1S/C10H9Cl2NO3/c11-7-1-6(2-8(12)3-7)9(13-5-14)4-10(15)16/h1-3,5,9H,4H2,(H,13,14)(H,15,16)/t9-/m1/s1. The highest BCUT2D eigenvalue weighted by atomic mass is 35.5. The van der Waals surface area contributed by atoms with E-state index in [0.717, 1.165) is 0 Å². The number of hydrogen-bond acceptors (Lipinski definition) is 2. The van der Waals surface area contributed by atoms with Crippen LogP contribution in [0.3, 0.4) is 0 Å². The average Bonchev–Trinajstić information content (AvgIpc) is 2.14. The van der Waals surface area contributed by atoms with Crippen LogP contribution in [0.5, 0.6) is 0 Å². The van der Waals surface area contributed by atoms with Gasteiger partial charge in [0.25, 0.3) is 0 Å². The van der Waals surface area contributed by atoms with Crippen LogP contribution < -0.4 is 5.32 Å². The van der Waals surface area contributed by atoms with Gasteiger partial charge in [0, 0.05) is 10.0 Å². The van der Waals surface area contributed by atoms with Gasteiger partial charge in [0.1, 0.15) is 0 Å². The second-order valence-corrected chi connectivity index (χ2v) is 4.01. The summed E-state index contributed by atoms with van der Waals surface area (Å²) in [4.78, 5) is 21.0. The molecular formula is C10H9Cl2NO3. The molecule has 0 aliphatic heterocycles. The maximum Gasteiger partial charge on any atom is 0.305 e. The van der Waals surface area contributed by atoms with Gasteiger partial charge in [-0.25, -0.2) is 0 Å².